The first-order valence-electron chi connectivity index (χ1n) is 7.51. The van der Waals surface area contributed by atoms with Gasteiger partial charge in [0, 0.05) is 25.7 Å². The van der Waals surface area contributed by atoms with Crippen molar-refractivity contribution in [3.05, 3.63) is 17.7 Å². The Bertz CT molecular complexity index is 601. The molecule has 146 valence electrons. The number of methoxy groups -OCH3 is 4. The van der Waals surface area contributed by atoms with Crippen LogP contribution in [0, 0.1) is 0 Å². The lowest BCUT2D eigenvalue weighted by atomic mass is 10.1. The lowest BCUT2D eigenvalue weighted by Crippen LogP contribution is -2.15. The quantitative estimate of drug-likeness (QED) is 0.344. The predicted molar refractivity (Wildman–Crippen MR) is 86.1 cm³/mol. The van der Waals surface area contributed by atoms with Gasteiger partial charge in [0.05, 0.1) is 39.1 Å². The van der Waals surface area contributed by atoms with Gasteiger partial charge in [-0.25, -0.2) is 14.5 Å². The second-order valence-electron chi connectivity index (χ2n) is 4.86. The number of ether oxygens (including phenoxy) is 5. The van der Waals surface area contributed by atoms with Crippen LogP contribution >= 0.6 is 0 Å². The van der Waals surface area contributed by atoms with Crippen molar-refractivity contribution >= 4 is 12.1 Å². The van der Waals surface area contributed by atoms with Gasteiger partial charge in [-0.3, -0.25) is 4.89 Å². The SMILES string of the molecule is COc1cc(OC)c(C(=O)OOOC(=O)OCCC(C)OC)cc1OC. The van der Waals surface area contributed by atoms with Gasteiger partial charge in [0.1, 0.15) is 11.3 Å². The summed E-state index contributed by atoms with van der Waals surface area (Å²) < 4.78 is 25.0. The molecule has 1 unspecified atom stereocenters. The Hall–Kier alpha value is -2.72. The summed E-state index contributed by atoms with van der Waals surface area (Å²) in [6.07, 6.45) is -0.784. The molecule has 0 N–H and O–H groups in total. The molecule has 0 saturated heterocycles. The Kier molecular flexibility index (Phi) is 9.02. The van der Waals surface area contributed by atoms with Gasteiger partial charge < -0.3 is 23.7 Å². The highest BCUT2D eigenvalue weighted by Gasteiger charge is 2.21. The van der Waals surface area contributed by atoms with Gasteiger partial charge in [-0.1, -0.05) is 0 Å². The molecule has 0 aromatic heterocycles. The Morgan fingerprint density at radius 3 is 2.12 bits per heavy atom. The van der Waals surface area contributed by atoms with Gasteiger partial charge in [0.25, 0.3) is 0 Å². The number of hydrogen-bond donors (Lipinski definition) is 0. The third kappa shape index (κ3) is 6.30. The van der Waals surface area contributed by atoms with Crippen LogP contribution in [0.1, 0.15) is 23.7 Å². The third-order valence-corrected chi connectivity index (χ3v) is 3.28. The predicted octanol–water partition coefficient (Wildman–Crippen LogP) is 2.29. The molecule has 26 heavy (non-hydrogen) atoms. The average Bonchev–Trinajstić information content (AvgIpc) is 2.66. The van der Waals surface area contributed by atoms with E-state index in [-0.39, 0.29) is 29.8 Å². The molecule has 1 aromatic carbocycles. The van der Waals surface area contributed by atoms with E-state index in [4.69, 9.17) is 23.7 Å². The van der Waals surface area contributed by atoms with Crippen LogP contribution in [0.25, 0.3) is 0 Å². The highest BCUT2D eigenvalue weighted by molar-refractivity contribution is 5.93. The maximum atomic E-state index is 12.0. The van der Waals surface area contributed by atoms with Gasteiger partial charge in [0.2, 0.25) is 0 Å². The number of carbonyl (C=O) groups excluding carboxylic acids is 2. The Balaban J connectivity index is 2.56. The molecule has 0 fully saturated rings. The van der Waals surface area contributed by atoms with Crippen LogP contribution in [0.4, 0.5) is 4.79 Å². The Labute approximate surface area is 150 Å². The van der Waals surface area contributed by atoms with Crippen molar-refractivity contribution in [2.45, 2.75) is 19.4 Å². The van der Waals surface area contributed by atoms with Crippen LogP contribution in [0.15, 0.2) is 12.1 Å². The van der Waals surface area contributed by atoms with Crippen molar-refractivity contribution in [2.75, 3.05) is 35.0 Å². The normalized spacial score (nSPS) is 11.3. The lowest BCUT2D eigenvalue weighted by molar-refractivity contribution is -0.452. The lowest BCUT2D eigenvalue weighted by Gasteiger charge is -2.12. The zero-order valence-electron chi connectivity index (χ0n) is 15.2. The number of benzene rings is 1. The summed E-state index contributed by atoms with van der Waals surface area (Å²) in [6, 6.07) is 2.76. The highest BCUT2D eigenvalue weighted by Crippen LogP contribution is 2.34. The molecule has 0 radical (unpaired) electrons. The summed E-state index contributed by atoms with van der Waals surface area (Å²) in [4.78, 5) is 31.9. The highest BCUT2D eigenvalue weighted by atomic mass is 17.5. The fourth-order valence-corrected chi connectivity index (χ4v) is 1.76. The molecule has 0 heterocycles. The van der Waals surface area contributed by atoms with Gasteiger partial charge in [0.15, 0.2) is 11.5 Å². The fraction of sp³-hybridized carbons (Fsp3) is 0.500. The summed E-state index contributed by atoms with van der Waals surface area (Å²) in [6.45, 7) is 1.86. The number of hydrogen-bond acceptors (Lipinski definition) is 10. The molecular formula is C16H22O10. The van der Waals surface area contributed by atoms with Crippen molar-refractivity contribution in [1.29, 1.82) is 0 Å². The second kappa shape index (κ2) is 11.0. The molecule has 0 aliphatic rings. The molecule has 0 saturated carbocycles. The molecule has 10 nitrogen and oxygen atoms in total. The summed E-state index contributed by atoms with van der Waals surface area (Å²) >= 11 is 0. The van der Waals surface area contributed by atoms with E-state index in [0.29, 0.717) is 12.2 Å². The summed E-state index contributed by atoms with van der Waals surface area (Å²) in [5.74, 6) is -0.212. The van der Waals surface area contributed by atoms with Crippen LogP contribution in [-0.4, -0.2) is 53.3 Å². The molecule has 1 aromatic rings. The van der Waals surface area contributed by atoms with E-state index in [1.165, 1.54) is 40.6 Å². The van der Waals surface area contributed by atoms with Crippen LogP contribution in [-0.2, 0) is 24.3 Å². The first kappa shape index (κ1) is 21.3. The van der Waals surface area contributed by atoms with E-state index in [0.717, 1.165) is 0 Å². The molecule has 0 bridgehead atoms. The Morgan fingerprint density at radius 1 is 0.923 bits per heavy atom. The van der Waals surface area contributed by atoms with E-state index in [9.17, 15) is 9.59 Å². The van der Waals surface area contributed by atoms with Crippen molar-refractivity contribution < 1.29 is 48.1 Å². The van der Waals surface area contributed by atoms with Crippen molar-refractivity contribution in [1.82, 2.24) is 0 Å². The van der Waals surface area contributed by atoms with Crippen molar-refractivity contribution in [3.8, 4) is 17.2 Å². The third-order valence-electron chi connectivity index (χ3n) is 3.28. The smallest absolute Gasteiger partial charge is 0.496 e. The van der Waals surface area contributed by atoms with E-state index >= 15 is 0 Å². The Morgan fingerprint density at radius 2 is 1.54 bits per heavy atom. The van der Waals surface area contributed by atoms with Gasteiger partial charge in [-0.05, 0) is 6.92 Å². The second-order valence-corrected chi connectivity index (χ2v) is 4.86. The minimum Gasteiger partial charge on any atom is -0.496 e. The van der Waals surface area contributed by atoms with E-state index in [2.05, 4.69) is 14.8 Å². The molecule has 0 aliphatic carbocycles. The van der Waals surface area contributed by atoms with E-state index in [1.807, 2.05) is 6.92 Å². The minimum atomic E-state index is -1.17. The monoisotopic (exact) mass is 374 g/mol. The van der Waals surface area contributed by atoms with E-state index < -0.39 is 12.1 Å². The van der Waals surface area contributed by atoms with Crippen molar-refractivity contribution in [3.63, 3.8) is 0 Å². The molecular weight excluding hydrogens is 352 g/mol. The summed E-state index contributed by atoms with van der Waals surface area (Å²) in [5.41, 5.74) is -0.0314. The molecule has 10 heteroatoms. The standard InChI is InChI=1S/C16H22O10/c1-10(19-2)6-7-23-16(18)25-26-24-15(17)11-8-13(21-4)14(22-5)9-12(11)20-3/h8-10H,6-7H2,1-5H3. The zero-order valence-corrected chi connectivity index (χ0v) is 15.2. The summed E-state index contributed by atoms with van der Waals surface area (Å²) in [5, 5.41) is 4.14. The zero-order chi connectivity index (χ0) is 19.5. The van der Waals surface area contributed by atoms with Crippen LogP contribution in [0.5, 0.6) is 17.2 Å². The van der Waals surface area contributed by atoms with Crippen LogP contribution in [0.3, 0.4) is 0 Å². The van der Waals surface area contributed by atoms with Gasteiger partial charge in [-0.2, -0.15) is 0 Å². The molecule has 0 spiro atoms. The summed E-state index contributed by atoms with van der Waals surface area (Å²) in [7, 11) is 5.73. The van der Waals surface area contributed by atoms with E-state index in [1.54, 1.807) is 0 Å². The van der Waals surface area contributed by atoms with Crippen LogP contribution in [0.2, 0.25) is 0 Å². The van der Waals surface area contributed by atoms with Crippen molar-refractivity contribution in [2.24, 2.45) is 0 Å². The van der Waals surface area contributed by atoms with Crippen LogP contribution < -0.4 is 14.2 Å². The first-order valence-corrected chi connectivity index (χ1v) is 7.51. The topological polar surface area (TPSA) is 108 Å². The molecule has 1 rings (SSSR count). The number of rotatable bonds is 10. The number of carbonyl (C=O) groups is 2. The minimum absolute atomic E-state index is 0.0314. The molecule has 1 atom stereocenters. The maximum Gasteiger partial charge on any atom is 0.543 e. The first-order chi connectivity index (χ1) is 12.5. The largest absolute Gasteiger partial charge is 0.543 e. The molecule has 0 aliphatic heterocycles. The average molecular weight is 374 g/mol. The van der Waals surface area contributed by atoms with Gasteiger partial charge >= 0.3 is 12.1 Å². The van der Waals surface area contributed by atoms with Gasteiger partial charge in [-0.15, -0.1) is 0 Å². The molecule has 0 amide bonds. The fourth-order valence-electron chi connectivity index (χ4n) is 1.76. The maximum absolute atomic E-state index is 12.0.